The molecule has 0 aliphatic carbocycles. The number of imide groups is 1. The Bertz CT molecular complexity index is 1180. The van der Waals surface area contributed by atoms with E-state index in [0.29, 0.717) is 41.4 Å². The van der Waals surface area contributed by atoms with Gasteiger partial charge < -0.3 is 9.47 Å². The molecule has 0 unspecified atom stereocenters. The summed E-state index contributed by atoms with van der Waals surface area (Å²) in [6.07, 6.45) is 0. The molecule has 0 N–H and O–H groups in total. The molecule has 0 bridgehead atoms. The highest BCUT2D eigenvalue weighted by atomic mass is 79.9. The van der Waals surface area contributed by atoms with Gasteiger partial charge in [0.05, 0.1) is 22.4 Å². The van der Waals surface area contributed by atoms with Gasteiger partial charge in [0.15, 0.2) is 17.3 Å². The predicted molar refractivity (Wildman–Crippen MR) is 113 cm³/mol. The highest BCUT2D eigenvalue weighted by Gasteiger charge is 2.39. The molecule has 3 aromatic carbocycles. The molecule has 0 fully saturated rings. The maximum Gasteiger partial charge on any atom is 0.266 e. The van der Waals surface area contributed by atoms with E-state index in [1.807, 2.05) is 0 Å². The first-order valence-corrected chi connectivity index (χ1v) is 10.1. The average molecular weight is 464 g/mol. The second-order valence-corrected chi connectivity index (χ2v) is 7.76. The number of ether oxygens (including phenoxy) is 2. The van der Waals surface area contributed by atoms with Crippen molar-refractivity contribution in [3.8, 4) is 11.5 Å². The topological polar surface area (TPSA) is 72.9 Å². The lowest BCUT2D eigenvalue weighted by Gasteiger charge is -2.24. The number of nitrogens with zero attached hydrogens (tertiary/aromatic N) is 1. The quantitative estimate of drug-likeness (QED) is 0.428. The number of ketones is 1. The Morgan fingerprint density at radius 1 is 0.833 bits per heavy atom. The average Bonchev–Trinajstić information content (AvgIpc) is 3.03. The maximum atomic E-state index is 13.3. The fourth-order valence-corrected chi connectivity index (χ4v) is 3.87. The number of carbonyl (C=O) groups excluding carboxylic acids is 3. The zero-order valence-electron chi connectivity index (χ0n) is 15.6. The van der Waals surface area contributed by atoms with Gasteiger partial charge in [-0.15, -0.1) is 0 Å². The largest absolute Gasteiger partial charge is 0.486 e. The van der Waals surface area contributed by atoms with Crippen molar-refractivity contribution in [1.82, 2.24) is 0 Å². The minimum Gasteiger partial charge on any atom is -0.486 e. The summed E-state index contributed by atoms with van der Waals surface area (Å²) in [6.45, 7) is 0.694. The Hall–Kier alpha value is -3.45. The highest BCUT2D eigenvalue weighted by molar-refractivity contribution is 9.10. The van der Waals surface area contributed by atoms with Crippen molar-refractivity contribution >= 4 is 39.2 Å². The lowest BCUT2D eigenvalue weighted by atomic mass is 10.00. The molecule has 0 aromatic heterocycles. The van der Waals surface area contributed by atoms with Crippen LogP contribution in [-0.2, 0) is 0 Å². The Balaban J connectivity index is 1.68. The Morgan fingerprint density at radius 3 is 2.00 bits per heavy atom. The number of fused-ring (bicyclic) bond motifs is 2. The summed E-state index contributed by atoms with van der Waals surface area (Å²) in [5.74, 6) is -0.484. The summed E-state index contributed by atoms with van der Waals surface area (Å²) in [6, 6.07) is 16.5. The van der Waals surface area contributed by atoms with E-state index in [0.717, 1.165) is 9.37 Å². The number of anilines is 1. The van der Waals surface area contributed by atoms with Gasteiger partial charge in [0.2, 0.25) is 0 Å². The summed E-state index contributed by atoms with van der Waals surface area (Å²) < 4.78 is 12.1. The second kappa shape index (κ2) is 7.11. The monoisotopic (exact) mass is 463 g/mol. The van der Waals surface area contributed by atoms with Crippen LogP contribution in [0.15, 0.2) is 65.1 Å². The van der Waals surface area contributed by atoms with Crippen molar-refractivity contribution < 1.29 is 23.9 Å². The van der Waals surface area contributed by atoms with Crippen LogP contribution in [-0.4, -0.2) is 30.8 Å². The molecule has 30 heavy (non-hydrogen) atoms. The number of hydrogen-bond donors (Lipinski definition) is 0. The van der Waals surface area contributed by atoms with Gasteiger partial charge in [-0.2, -0.15) is 0 Å². The van der Waals surface area contributed by atoms with Gasteiger partial charge in [0.1, 0.15) is 13.2 Å². The fourth-order valence-electron chi connectivity index (χ4n) is 3.61. The Labute approximate surface area is 180 Å². The zero-order chi connectivity index (χ0) is 20.8. The summed E-state index contributed by atoms with van der Waals surface area (Å²) in [5.41, 5.74) is 1.40. The summed E-state index contributed by atoms with van der Waals surface area (Å²) in [7, 11) is 0. The number of carbonyl (C=O) groups is 3. The minimum atomic E-state index is -0.475. The third kappa shape index (κ3) is 2.90. The third-order valence-corrected chi connectivity index (χ3v) is 5.58. The van der Waals surface area contributed by atoms with Crippen LogP contribution in [0, 0.1) is 0 Å². The molecular weight excluding hydrogens is 450 g/mol. The first-order valence-electron chi connectivity index (χ1n) is 9.26. The van der Waals surface area contributed by atoms with Crippen molar-refractivity contribution in [2.45, 2.75) is 0 Å². The van der Waals surface area contributed by atoms with Crippen LogP contribution in [0.2, 0.25) is 0 Å². The molecule has 0 atom stereocenters. The van der Waals surface area contributed by atoms with Gasteiger partial charge in [-0.3, -0.25) is 14.4 Å². The van der Waals surface area contributed by atoms with Crippen LogP contribution in [0.3, 0.4) is 0 Å². The Kier molecular flexibility index (Phi) is 4.40. The van der Waals surface area contributed by atoms with Gasteiger partial charge in [-0.25, -0.2) is 4.90 Å². The molecule has 7 heteroatoms. The lowest BCUT2D eigenvalue weighted by molar-refractivity contribution is 0.0926. The number of benzene rings is 3. The van der Waals surface area contributed by atoms with E-state index in [1.54, 1.807) is 48.5 Å². The van der Waals surface area contributed by atoms with Crippen LogP contribution in [0.25, 0.3) is 0 Å². The van der Waals surface area contributed by atoms with Gasteiger partial charge in [-0.05, 0) is 42.5 Å². The zero-order valence-corrected chi connectivity index (χ0v) is 17.1. The van der Waals surface area contributed by atoms with Crippen molar-refractivity contribution in [2.75, 3.05) is 18.1 Å². The second-order valence-electron chi connectivity index (χ2n) is 6.84. The van der Waals surface area contributed by atoms with E-state index in [9.17, 15) is 14.4 Å². The minimum absolute atomic E-state index is 0.179. The summed E-state index contributed by atoms with van der Waals surface area (Å²) >= 11 is 3.36. The van der Waals surface area contributed by atoms with E-state index in [-0.39, 0.29) is 17.0 Å². The molecule has 0 saturated heterocycles. The van der Waals surface area contributed by atoms with Crippen molar-refractivity contribution in [1.29, 1.82) is 0 Å². The van der Waals surface area contributed by atoms with Crippen LogP contribution in [0.5, 0.6) is 11.5 Å². The Morgan fingerprint density at radius 2 is 1.40 bits per heavy atom. The number of rotatable bonds is 3. The smallest absolute Gasteiger partial charge is 0.266 e. The molecular formula is C23H14BrNO5. The van der Waals surface area contributed by atoms with Crippen molar-refractivity contribution in [3.63, 3.8) is 0 Å². The molecule has 6 nitrogen and oxygen atoms in total. The first kappa shape index (κ1) is 18.6. The van der Waals surface area contributed by atoms with Crippen molar-refractivity contribution in [3.05, 3.63) is 87.4 Å². The molecule has 2 aliphatic rings. The number of amides is 2. The van der Waals surface area contributed by atoms with E-state index < -0.39 is 11.8 Å². The molecule has 5 rings (SSSR count). The van der Waals surface area contributed by atoms with Gasteiger partial charge >= 0.3 is 0 Å². The van der Waals surface area contributed by atoms with Crippen LogP contribution < -0.4 is 14.4 Å². The predicted octanol–water partition coefficient (Wildman–Crippen LogP) is 4.25. The first-order chi connectivity index (χ1) is 14.5. The SMILES string of the molecule is O=C(c1ccc(Br)cc1)c1cc2c(cc1N1C(=O)c3ccccc3C1=O)OCCO2. The standard InChI is InChI=1S/C23H14BrNO5/c24-14-7-5-13(6-8-14)21(26)17-11-19-20(30-10-9-29-19)12-18(17)25-22(27)15-3-1-2-4-16(15)23(25)28/h1-8,11-12H,9-10H2. The summed E-state index contributed by atoms with van der Waals surface area (Å²) in [4.78, 5) is 40.5. The van der Waals surface area contributed by atoms with Crippen molar-refractivity contribution in [2.24, 2.45) is 0 Å². The van der Waals surface area contributed by atoms with Gasteiger partial charge in [0.25, 0.3) is 11.8 Å². The van der Waals surface area contributed by atoms with E-state index in [4.69, 9.17) is 9.47 Å². The molecule has 3 aromatic rings. The van der Waals surface area contributed by atoms with Gasteiger partial charge in [0, 0.05) is 16.1 Å². The molecule has 148 valence electrons. The molecule has 2 amide bonds. The normalized spacial score (nSPS) is 14.6. The molecule has 2 aliphatic heterocycles. The van der Waals surface area contributed by atoms with Gasteiger partial charge in [-0.1, -0.05) is 28.1 Å². The number of hydrogen-bond acceptors (Lipinski definition) is 5. The summed E-state index contributed by atoms with van der Waals surface area (Å²) in [5, 5.41) is 0. The number of halogens is 1. The third-order valence-electron chi connectivity index (χ3n) is 5.05. The van der Waals surface area contributed by atoms with E-state index in [2.05, 4.69) is 15.9 Å². The molecule has 0 radical (unpaired) electrons. The molecule has 0 spiro atoms. The lowest BCUT2D eigenvalue weighted by Crippen LogP contribution is -2.31. The van der Waals surface area contributed by atoms with Crippen LogP contribution >= 0.6 is 15.9 Å². The molecule has 2 heterocycles. The fraction of sp³-hybridized carbons (Fsp3) is 0.0870. The van der Waals surface area contributed by atoms with Crippen LogP contribution in [0.1, 0.15) is 36.6 Å². The highest BCUT2D eigenvalue weighted by Crippen LogP contribution is 2.40. The maximum absolute atomic E-state index is 13.3. The molecule has 0 saturated carbocycles. The van der Waals surface area contributed by atoms with E-state index >= 15 is 0 Å². The van der Waals surface area contributed by atoms with E-state index in [1.165, 1.54) is 12.1 Å². The van der Waals surface area contributed by atoms with Crippen LogP contribution in [0.4, 0.5) is 5.69 Å².